The van der Waals surface area contributed by atoms with E-state index in [-0.39, 0.29) is 6.61 Å². The zero-order valence-electron chi connectivity index (χ0n) is 15.9. The molecule has 0 spiro atoms. The number of hydrogen-bond acceptors (Lipinski definition) is 6. The van der Waals surface area contributed by atoms with Crippen molar-refractivity contribution in [1.82, 2.24) is 4.98 Å². The topological polar surface area (TPSA) is 66.9 Å². The zero-order valence-corrected chi connectivity index (χ0v) is 15.9. The summed E-state index contributed by atoms with van der Waals surface area (Å²) in [6, 6.07) is 7.50. The normalized spacial score (nSPS) is 18.1. The first-order valence-electron chi connectivity index (χ1n) is 8.76. The number of fused-ring (bicyclic) bond motifs is 1. The molecule has 0 unspecified atom stereocenters. The third-order valence-electron chi connectivity index (χ3n) is 4.90. The number of aromatic nitrogens is 1. The minimum Gasteiger partial charge on any atom is -0.481 e. The van der Waals surface area contributed by atoms with Crippen LogP contribution in [0.25, 0.3) is 10.9 Å². The van der Waals surface area contributed by atoms with Crippen LogP contribution >= 0.6 is 0 Å². The number of carbonyl (C=O) groups excluding carboxylic acids is 1. The van der Waals surface area contributed by atoms with Gasteiger partial charge in [0, 0.05) is 11.6 Å². The first-order chi connectivity index (χ1) is 12.2. The smallest absolute Gasteiger partial charge is 0.481 e. The highest BCUT2D eigenvalue weighted by molar-refractivity contribution is 6.62. The van der Waals surface area contributed by atoms with Crippen LogP contribution in [0.4, 0.5) is 0 Å². The monoisotopic (exact) mass is 357 g/mol. The summed E-state index contributed by atoms with van der Waals surface area (Å²) in [5.41, 5.74) is 0.826. The highest BCUT2D eigenvalue weighted by Crippen LogP contribution is 2.36. The Bertz CT molecular complexity index is 805. The Labute approximate surface area is 153 Å². The van der Waals surface area contributed by atoms with Crippen molar-refractivity contribution in [2.45, 2.75) is 45.8 Å². The molecule has 26 heavy (non-hydrogen) atoms. The Morgan fingerprint density at radius 2 is 1.85 bits per heavy atom. The minimum atomic E-state index is -0.470. The number of carbonyl (C=O) groups is 1. The van der Waals surface area contributed by atoms with E-state index in [0.29, 0.717) is 12.4 Å². The Kier molecular flexibility index (Phi) is 4.95. The lowest BCUT2D eigenvalue weighted by atomic mass is 9.78. The molecule has 3 rings (SSSR count). The molecule has 2 aromatic rings. The van der Waals surface area contributed by atoms with Crippen molar-refractivity contribution in [3.8, 4) is 5.75 Å². The lowest BCUT2D eigenvalue weighted by Gasteiger charge is -2.32. The van der Waals surface area contributed by atoms with Crippen molar-refractivity contribution in [2.75, 3.05) is 13.2 Å². The number of esters is 1. The third kappa shape index (κ3) is 3.55. The minimum absolute atomic E-state index is 0.145. The van der Waals surface area contributed by atoms with Crippen molar-refractivity contribution < 1.29 is 23.6 Å². The molecule has 2 heterocycles. The van der Waals surface area contributed by atoms with Crippen LogP contribution in [-0.2, 0) is 18.8 Å². The maximum Gasteiger partial charge on any atom is 0.494 e. The fraction of sp³-hybridized carbons (Fsp3) is 0.474. The van der Waals surface area contributed by atoms with E-state index < -0.39 is 24.3 Å². The van der Waals surface area contributed by atoms with Crippen LogP contribution in [0.3, 0.4) is 0 Å². The van der Waals surface area contributed by atoms with Crippen LogP contribution in [0.5, 0.6) is 5.75 Å². The number of benzene rings is 1. The van der Waals surface area contributed by atoms with E-state index in [0.717, 1.165) is 16.4 Å². The van der Waals surface area contributed by atoms with Gasteiger partial charge in [0.2, 0.25) is 0 Å². The standard InChI is InChI=1S/C19H24BNO5/c1-6-23-17(22)12-24-16-9-10-21-15-8-7-13(11-14(15)16)20-25-18(2,3)19(4,5)26-20/h7-11H,6,12H2,1-5H3. The summed E-state index contributed by atoms with van der Waals surface area (Å²) in [5.74, 6) is 0.168. The van der Waals surface area contributed by atoms with E-state index in [2.05, 4.69) is 4.98 Å². The van der Waals surface area contributed by atoms with Gasteiger partial charge in [-0.15, -0.1) is 0 Å². The quantitative estimate of drug-likeness (QED) is 0.605. The zero-order chi connectivity index (χ0) is 18.9. The molecule has 0 amide bonds. The predicted molar refractivity (Wildman–Crippen MR) is 99.6 cm³/mol. The van der Waals surface area contributed by atoms with Gasteiger partial charge >= 0.3 is 13.1 Å². The molecule has 1 aliphatic heterocycles. The van der Waals surface area contributed by atoms with Crippen LogP contribution in [0.15, 0.2) is 30.5 Å². The number of ether oxygens (including phenoxy) is 2. The third-order valence-corrected chi connectivity index (χ3v) is 4.90. The van der Waals surface area contributed by atoms with Crippen molar-refractivity contribution in [3.05, 3.63) is 30.5 Å². The van der Waals surface area contributed by atoms with Crippen LogP contribution in [0.1, 0.15) is 34.6 Å². The van der Waals surface area contributed by atoms with Gasteiger partial charge in [0.1, 0.15) is 5.75 Å². The van der Waals surface area contributed by atoms with Gasteiger partial charge in [-0.05, 0) is 58.3 Å². The molecule has 1 aromatic carbocycles. The molecule has 0 saturated carbocycles. The summed E-state index contributed by atoms with van der Waals surface area (Å²) in [6.07, 6.45) is 1.65. The molecule has 7 heteroatoms. The van der Waals surface area contributed by atoms with Gasteiger partial charge in [-0.1, -0.05) is 6.07 Å². The molecule has 1 fully saturated rings. The number of nitrogens with zero attached hydrogens (tertiary/aromatic N) is 1. The van der Waals surface area contributed by atoms with Crippen molar-refractivity contribution in [2.24, 2.45) is 0 Å². The fourth-order valence-electron chi connectivity index (χ4n) is 2.73. The van der Waals surface area contributed by atoms with E-state index in [9.17, 15) is 4.79 Å². The molecule has 138 valence electrons. The molecule has 1 aliphatic rings. The van der Waals surface area contributed by atoms with E-state index in [4.69, 9.17) is 18.8 Å². The van der Waals surface area contributed by atoms with Gasteiger partial charge in [0.15, 0.2) is 6.61 Å². The molecule has 0 bridgehead atoms. The van der Waals surface area contributed by atoms with Gasteiger partial charge in [-0.2, -0.15) is 0 Å². The largest absolute Gasteiger partial charge is 0.494 e. The Hall–Kier alpha value is -2.12. The highest BCUT2D eigenvalue weighted by Gasteiger charge is 2.51. The molecule has 0 aliphatic carbocycles. The van der Waals surface area contributed by atoms with Crippen LogP contribution < -0.4 is 10.2 Å². The molecule has 0 atom stereocenters. The van der Waals surface area contributed by atoms with Gasteiger partial charge in [0.05, 0.1) is 23.3 Å². The average molecular weight is 357 g/mol. The highest BCUT2D eigenvalue weighted by atomic mass is 16.7. The Morgan fingerprint density at radius 1 is 1.15 bits per heavy atom. The summed E-state index contributed by atoms with van der Waals surface area (Å²) in [4.78, 5) is 15.9. The first-order valence-corrected chi connectivity index (χ1v) is 8.76. The molecular formula is C19H24BNO5. The average Bonchev–Trinajstić information content (AvgIpc) is 2.80. The molecule has 0 radical (unpaired) electrons. The number of pyridine rings is 1. The van der Waals surface area contributed by atoms with Crippen LogP contribution in [-0.4, -0.2) is 42.5 Å². The van der Waals surface area contributed by atoms with Gasteiger partial charge in [-0.25, -0.2) is 4.79 Å². The second-order valence-corrected chi connectivity index (χ2v) is 7.27. The van der Waals surface area contributed by atoms with Crippen molar-refractivity contribution in [3.63, 3.8) is 0 Å². The molecule has 0 N–H and O–H groups in total. The van der Waals surface area contributed by atoms with E-state index >= 15 is 0 Å². The molecule has 1 saturated heterocycles. The molecular weight excluding hydrogens is 333 g/mol. The molecule has 1 aromatic heterocycles. The second kappa shape index (κ2) is 6.89. The number of hydrogen-bond donors (Lipinski definition) is 0. The fourth-order valence-corrected chi connectivity index (χ4v) is 2.73. The Balaban J connectivity index is 1.88. The lowest BCUT2D eigenvalue weighted by Crippen LogP contribution is -2.41. The summed E-state index contributed by atoms with van der Waals surface area (Å²) >= 11 is 0. The summed E-state index contributed by atoms with van der Waals surface area (Å²) in [5, 5.41) is 0.795. The number of rotatable bonds is 5. The summed E-state index contributed by atoms with van der Waals surface area (Å²) in [6.45, 7) is 10.0. The SMILES string of the molecule is CCOC(=O)COc1ccnc2ccc(B3OC(C)(C)C(C)(C)O3)cc12. The van der Waals surface area contributed by atoms with E-state index in [1.54, 1.807) is 19.2 Å². The lowest BCUT2D eigenvalue weighted by molar-refractivity contribution is -0.145. The van der Waals surface area contributed by atoms with Gasteiger partial charge in [-0.3, -0.25) is 4.98 Å². The summed E-state index contributed by atoms with van der Waals surface area (Å²) in [7, 11) is -0.470. The van der Waals surface area contributed by atoms with Crippen molar-refractivity contribution >= 4 is 29.5 Å². The van der Waals surface area contributed by atoms with Crippen molar-refractivity contribution in [1.29, 1.82) is 0 Å². The molecule has 6 nitrogen and oxygen atoms in total. The van der Waals surface area contributed by atoms with E-state index in [1.165, 1.54) is 0 Å². The van der Waals surface area contributed by atoms with Gasteiger partial charge < -0.3 is 18.8 Å². The van der Waals surface area contributed by atoms with Crippen LogP contribution in [0, 0.1) is 0 Å². The first kappa shape index (κ1) is 18.7. The summed E-state index contributed by atoms with van der Waals surface area (Å²) < 4.78 is 22.8. The second-order valence-electron chi connectivity index (χ2n) is 7.27. The maximum absolute atomic E-state index is 11.6. The van der Waals surface area contributed by atoms with E-state index in [1.807, 2.05) is 45.9 Å². The van der Waals surface area contributed by atoms with Gasteiger partial charge in [0.25, 0.3) is 0 Å². The van der Waals surface area contributed by atoms with Crippen LogP contribution in [0.2, 0.25) is 0 Å². The maximum atomic E-state index is 11.6. The predicted octanol–water partition coefficient (Wildman–Crippen LogP) is 2.48. The Morgan fingerprint density at radius 3 is 2.50 bits per heavy atom.